The molecule has 0 saturated carbocycles. The fourth-order valence-electron chi connectivity index (χ4n) is 1.87. The molecule has 0 fully saturated rings. The van der Waals surface area contributed by atoms with Gasteiger partial charge in [0.1, 0.15) is 12.4 Å². The molecule has 0 saturated heterocycles. The van der Waals surface area contributed by atoms with Crippen LogP contribution in [0.2, 0.25) is 5.02 Å². The summed E-state index contributed by atoms with van der Waals surface area (Å²) in [4.78, 5) is 0. The summed E-state index contributed by atoms with van der Waals surface area (Å²) < 4.78 is 7.62. The van der Waals surface area contributed by atoms with Crippen molar-refractivity contribution < 1.29 is 9.84 Å². The molecule has 108 valence electrons. The molecule has 0 amide bonds. The van der Waals surface area contributed by atoms with E-state index in [0.717, 1.165) is 5.69 Å². The lowest BCUT2D eigenvalue weighted by molar-refractivity contribution is 0.189. The van der Waals surface area contributed by atoms with E-state index in [9.17, 15) is 5.11 Å². The molecule has 0 unspecified atom stereocenters. The van der Waals surface area contributed by atoms with Gasteiger partial charge in [-0.1, -0.05) is 11.6 Å². The Hall–Kier alpha value is -1.52. The number of halogens is 1. The topological polar surface area (TPSA) is 47.3 Å². The van der Waals surface area contributed by atoms with Crippen LogP contribution in [0.15, 0.2) is 30.5 Å². The molecular formula is C15H19ClN2O2. The second kappa shape index (κ2) is 6.29. The molecule has 0 spiro atoms. The third-order valence-corrected chi connectivity index (χ3v) is 3.23. The normalized spacial score (nSPS) is 12.7. The first-order valence-corrected chi connectivity index (χ1v) is 6.99. The van der Waals surface area contributed by atoms with Crippen LogP contribution in [0.3, 0.4) is 0 Å². The van der Waals surface area contributed by atoms with Crippen LogP contribution >= 0.6 is 11.6 Å². The molecule has 1 aromatic carbocycles. The van der Waals surface area contributed by atoms with E-state index in [1.807, 2.05) is 16.9 Å². The summed E-state index contributed by atoms with van der Waals surface area (Å²) >= 11 is 5.93. The van der Waals surface area contributed by atoms with Crippen LogP contribution in [0, 0.1) is 0 Å². The highest BCUT2D eigenvalue weighted by atomic mass is 35.5. The number of benzene rings is 1. The lowest BCUT2D eigenvalue weighted by Gasteiger charge is -2.13. The lowest BCUT2D eigenvalue weighted by Crippen LogP contribution is -2.04. The van der Waals surface area contributed by atoms with Crippen LogP contribution in [0.1, 0.15) is 44.2 Å². The van der Waals surface area contributed by atoms with Gasteiger partial charge in [-0.05, 0) is 45.0 Å². The van der Waals surface area contributed by atoms with Crippen LogP contribution in [0.25, 0.3) is 0 Å². The largest absolute Gasteiger partial charge is 0.487 e. The van der Waals surface area contributed by atoms with Crippen molar-refractivity contribution in [2.75, 3.05) is 0 Å². The van der Waals surface area contributed by atoms with Gasteiger partial charge in [-0.2, -0.15) is 5.10 Å². The molecular weight excluding hydrogens is 276 g/mol. The van der Waals surface area contributed by atoms with Crippen LogP contribution in [0.4, 0.5) is 0 Å². The first-order valence-electron chi connectivity index (χ1n) is 6.61. The molecule has 4 nitrogen and oxygen atoms in total. The van der Waals surface area contributed by atoms with Gasteiger partial charge in [0.25, 0.3) is 0 Å². The first-order chi connectivity index (χ1) is 9.47. The van der Waals surface area contributed by atoms with Gasteiger partial charge in [-0.3, -0.25) is 4.68 Å². The second-order valence-electron chi connectivity index (χ2n) is 5.03. The molecule has 1 atom stereocenters. The zero-order chi connectivity index (χ0) is 14.7. The summed E-state index contributed by atoms with van der Waals surface area (Å²) in [7, 11) is 0. The maximum atomic E-state index is 9.74. The summed E-state index contributed by atoms with van der Waals surface area (Å²) in [5.41, 5.74) is 1.53. The number of rotatable bonds is 5. The third kappa shape index (κ3) is 3.52. The van der Waals surface area contributed by atoms with Gasteiger partial charge in [0.15, 0.2) is 0 Å². The Morgan fingerprint density at radius 2 is 2.05 bits per heavy atom. The zero-order valence-electron chi connectivity index (χ0n) is 11.9. The number of aromatic nitrogens is 2. The Bertz CT molecular complexity index is 579. The Morgan fingerprint density at radius 3 is 2.65 bits per heavy atom. The Kier molecular flexibility index (Phi) is 4.68. The van der Waals surface area contributed by atoms with E-state index >= 15 is 0 Å². The zero-order valence-corrected chi connectivity index (χ0v) is 12.6. The van der Waals surface area contributed by atoms with E-state index < -0.39 is 6.10 Å². The summed E-state index contributed by atoms with van der Waals surface area (Å²) in [6.07, 6.45) is 1.30. The molecule has 5 heteroatoms. The minimum absolute atomic E-state index is 0.326. The number of aliphatic hydroxyl groups excluding tert-OH is 1. The van der Waals surface area contributed by atoms with Crippen molar-refractivity contribution in [2.24, 2.45) is 0 Å². The molecule has 2 aromatic rings. The molecule has 1 aromatic heterocycles. The maximum Gasteiger partial charge on any atom is 0.132 e. The minimum Gasteiger partial charge on any atom is -0.487 e. The van der Waals surface area contributed by atoms with E-state index in [1.54, 1.807) is 25.1 Å². The van der Waals surface area contributed by atoms with E-state index in [-0.39, 0.29) is 0 Å². The second-order valence-corrected chi connectivity index (χ2v) is 5.46. The molecule has 0 aliphatic heterocycles. The van der Waals surface area contributed by atoms with Gasteiger partial charge in [0.05, 0.1) is 11.8 Å². The SMILES string of the molecule is CC(C)n1ccc(COc2ccc(Cl)cc2[C@@H](C)O)n1. The number of hydrogen-bond donors (Lipinski definition) is 1. The molecule has 20 heavy (non-hydrogen) atoms. The molecule has 0 bridgehead atoms. The van der Waals surface area contributed by atoms with Crippen molar-refractivity contribution in [3.05, 3.63) is 46.7 Å². The van der Waals surface area contributed by atoms with Crippen LogP contribution < -0.4 is 4.74 Å². The number of ether oxygens (including phenoxy) is 1. The van der Waals surface area contributed by atoms with Gasteiger partial charge in [0.2, 0.25) is 0 Å². The van der Waals surface area contributed by atoms with Crippen molar-refractivity contribution >= 4 is 11.6 Å². The van der Waals surface area contributed by atoms with Crippen molar-refractivity contribution in [1.82, 2.24) is 9.78 Å². The number of aliphatic hydroxyl groups is 1. The van der Waals surface area contributed by atoms with Gasteiger partial charge in [-0.15, -0.1) is 0 Å². The first kappa shape index (κ1) is 14.9. The van der Waals surface area contributed by atoms with E-state index in [0.29, 0.717) is 29.0 Å². The fourth-order valence-corrected chi connectivity index (χ4v) is 2.05. The Morgan fingerprint density at radius 1 is 1.30 bits per heavy atom. The van der Waals surface area contributed by atoms with Gasteiger partial charge in [0, 0.05) is 22.8 Å². The molecule has 1 heterocycles. The van der Waals surface area contributed by atoms with Crippen LogP contribution in [0.5, 0.6) is 5.75 Å². The van der Waals surface area contributed by atoms with E-state index in [1.165, 1.54) is 0 Å². The molecule has 0 radical (unpaired) electrons. The number of hydrogen-bond acceptors (Lipinski definition) is 3. The Balaban J connectivity index is 2.10. The van der Waals surface area contributed by atoms with Gasteiger partial charge < -0.3 is 9.84 Å². The van der Waals surface area contributed by atoms with Crippen molar-refractivity contribution in [2.45, 2.75) is 39.5 Å². The van der Waals surface area contributed by atoms with E-state index in [2.05, 4.69) is 18.9 Å². The van der Waals surface area contributed by atoms with Crippen LogP contribution in [-0.2, 0) is 6.61 Å². The monoisotopic (exact) mass is 294 g/mol. The highest BCUT2D eigenvalue weighted by Crippen LogP contribution is 2.28. The van der Waals surface area contributed by atoms with Gasteiger partial charge >= 0.3 is 0 Å². The maximum absolute atomic E-state index is 9.74. The standard InChI is InChI=1S/C15H19ClN2O2/c1-10(2)18-7-6-13(17-18)9-20-15-5-4-12(16)8-14(15)11(3)19/h4-8,10-11,19H,9H2,1-3H3/t11-/m1/s1. The molecule has 0 aliphatic carbocycles. The minimum atomic E-state index is -0.628. The smallest absolute Gasteiger partial charge is 0.132 e. The summed E-state index contributed by atoms with van der Waals surface area (Å²) in [6.45, 7) is 6.19. The lowest BCUT2D eigenvalue weighted by atomic mass is 10.1. The number of nitrogens with zero attached hydrogens (tertiary/aromatic N) is 2. The quantitative estimate of drug-likeness (QED) is 0.913. The fraction of sp³-hybridized carbons (Fsp3) is 0.400. The average Bonchev–Trinajstić information content (AvgIpc) is 2.86. The van der Waals surface area contributed by atoms with Gasteiger partial charge in [-0.25, -0.2) is 0 Å². The molecule has 1 N–H and O–H groups in total. The van der Waals surface area contributed by atoms with Crippen LogP contribution in [-0.4, -0.2) is 14.9 Å². The van der Waals surface area contributed by atoms with E-state index in [4.69, 9.17) is 16.3 Å². The van der Waals surface area contributed by atoms with Crippen molar-refractivity contribution in [1.29, 1.82) is 0 Å². The summed E-state index contributed by atoms with van der Waals surface area (Å²) in [5.74, 6) is 0.628. The third-order valence-electron chi connectivity index (χ3n) is 2.99. The van der Waals surface area contributed by atoms with Crippen molar-refractivity contribution in [3.63, 3.8) is 0 Å². The van der Waals surface area contributed by atoms with Crippen molar-refractivity contribution in [3.8, 4) is 5.75 Å². The molecule has 0 aliphatic rings. The Labute approximate surface area is 123 Å². The predicted molar refractivity (Wildman–Crippen MR) is 79.0 cm³/mol. The molecule has 2 rings (SSSR count). The average molecular weight is 295 g/mol. The highest BCUT2D eigenvalue weighted by molar-refractivity contribution is 6.30. The highest BCUT2D eigenvalue weighted by Gasteiger charge is 2.11. The summed E-state index contributed by atoms with van der Waals surface area (Å²) in [5, 5.41) is 14.7. The predicted octanol–water partition coefficient (Wildman–Crippen LogP) is 3.75. The summed E-state index contributed by atoms with van der Waals surface area (Å²) in [6, 6.07) is 7.48.